The first kappa shape index (κ1) is 19.2. The van der Waals surface area contributed by atoms with Gasteiger partial charge in [0.2, 0.25) is 5.91 Å². The highest BCUT2D eigenvalue weighted by Crippen LogP contribution is 2.25. The number of rotatable bonds is 5. The largest absolute Gasteiger partial charge is 0.444 e. The van der Waals surface area contributed by atoms with E-state index in [2.05, 4.69) is 5.32 Å². The summed E-state index contributed by atoms with van der Waals surface area (Å²) in [5, 5.41) is 2.98. The molecule has 1 aromatic rings. The summed E-state index contributed by atoms with van der Waals surface area (Å²) in [6.07, 6.45) is 0.218. The number of amides is 2. The summed E-state index contributed by atoms with van der Waals surface area (Å²) in [4.78, 5) is 38.0. The van der Waals surface area contributed by atoms with E-state index in [9.17, 15) is 14.4 Å². The zero-order chi connectivity index (χ0) is 18.6. The lowest BCUT2D eigenvalue weighted by Gasteiger charge is -2.25. The van der Waals surface area contributed by atoms with E-state index < -0.39 is 17.7 Å². The van der Waals surface area contributed by atoms with Gasteiger partial charge in [0.1, 0.15) is 5.60 Å². The summed E-state index contributed by atoms with van der Waals surface area (Å²) in [6.45, 7) is 5.78. The van der Waals surface area contributed by atoms with Gasteiger partial charge in [-0.1, -0.05) is 23.7 Å². The van der Waals surface area contributed by atoms with Crippen LogP contribution in [0.5, 0.6) is 0 Å². The Morgan fingerprint density at radius 3 is 2.64 bits per heavy atom. The van der Waals surface area contributed by atoms with Crippen LogP contribution in [0.3, 0.4) is 0 Å². The lowest BCUT2D eigenvalue weighted by molar-refractivity contribution is -0.128. The van der Waals surface area contributed by atoms with E-state index in [0.29, 0.717) is 23.4 Å². The van der Waals surface area contributed by atoms with Crippen LogP contribution in [0.15, 0.2) is 24.3 Å². The molecule has 0 radical (unpaired) electrons. The number of likely N-dealkylation sites (tertiary alicyclic amines) is 1. The molecule has 136 valence electrons. The van der Waals surface area contributed by atoms with Gasteiger partial charge in [-0.05, 0) is 39.3 Å². The fourth-order valence-corrected chi connectivity index (χ4v) is 2.95. The number of Topliss-reactive ketones (excluding diaryl/α,β-unsaturated/α-hetero) is 1. The third-order valence-electron chi connectivity index (χ3n) is 3.79. The second kappa shape index (κ2) is 7.87. The number of ketones is 1. The Morgan fingerprint density at radius 1 is 1.32 bits per heavy atom. The summed E-state index contributed by atoms with van der Waals surface area (Å²) >= 11 is 6.09. The molecule has 2 amide bonds. The molecule has 6 nitrogen and oxygen atoms in total. The van der Waals surface area contributed by atoms with Gasteiger partial charge in [0.25, 0.3) is 0 Å². The van der Waals surface area contributed by atoms with Crippen molar-refractivity contribution in [3.05, 3.63) is 34.9 Å². The van der Waals surface area contributed by atoms with Crippen LogP contribution >= 0.6 is 11.6 Å². The molecule has 0 spiro atoms. The summed E-state index contributed by atoms with van der Waals surface area (Å²) in [5.74, 6) is -0.273. The minimum absolute atomic E-state index is 0.101. The standard InChI is InChI=1S/C18H23ClN2O4/c1-18(2,3)25-17(24)20-10-11-21-14(8-9-15(21)22)16(23)12-6-4-5-7-13(12)19/h4-7,14H,8-11H2,1-3H3,(H,20,24). The van der Waals surface area contributed by atoms with E-state index in [1.54, 1.807) is 45.0 Å². The van der Waals surface area contributed by atoms with E-state index in [1.165, 1.54) is 4.90 Å². The lowest BCUT2D eigenvalue weighted by Crippen LogP contribution is -2.44. The monoisotopic (exact) mass is 366 g/mol. The summed E-state index contributed by atoms with van der Waals surface area (Å²) in [5.41, 5.74) is -0.176. The lowest BCUT2D eigenvalue weighted by atomic mass is 10.0. The Morgan fingerprint density at radius 2 is 2.00 bits per heavy atom. The quantitative estimate of drug-likeness (QED) is 0.812. The molecule has 0 saturated carbocycles. The van der Waals surface area contributed by atoms with Gasteiger partial charge in [-0.3, -0.25) is 9.59 Å². The van der Waals surface area contributed by atoms with E-state index in [1.807, 2.05) is 0 Å². The van der Waals surface area contributed by atoms with Crippen LogP contribution in [0.1, 0.15) is 44.0 Å². The maximum absolute atomic E-state index is 12.7. The number of carbonyl (C=O) groups excluding carboxylic acids is 3. The van der Waals surface area contributed by atoms with E-state index in [-0.39, 0.29) is 24.8 Å². The average Bonchev–Trinajstić information content (AvgIpc) is 2.86. The summed E-state index contributed by atoms with van der Waals surface area (Å²) in [6, 6.07) is 6.25. The molecule has 0 bridgehead atoms. The molecule has 0 aromatic heterocycles. The van der Waals surface area contributed by atoms with Gasteiger partial charge in [-0.2, -0.15) is 0 Å². The molecule has 1 atom stereocenters. The third-order valence-corrected chi connectivity index (χ3v) is 4.12. The molecule has 1 saturated heterocycles. The molecular formula is C18H23ClN2O4. The first-order chi connectivity index (χ1) is 11.7. The third kappa shape index (κ3) is 5.19. The second-order valence-electron chi connectivity index (χ2n) is 6.91. The van der Waals surface area contributed by atoms with Crippen molar-refractivity contribution >= 4 is 29.4 Å². The van der Waals surface area contributed by atoms with Crippen LogP contribution in [0, 0.1) is 0 Å². The van der Waals surface area contributed by atoms with Gasteiger partial charge in [0, 0.05) is 25.1 Å². The van der Waals surface area contributed by atoms with Crippen molar-refractivity contribution in [2.75, 3.05) is 13.1 Å². The molecule has 7 heteroatoms. The van der Waals surface area contributed by atoms with Crippen LogP contribution in [0.4, 0.5) is 4.79 Å². The highest BCUT2D eigenvalue weighted by molar-refractivity contribution is 6.34. The SMILES string of the molecule is CC(C)(C)OC(=O)NCCN1C(=O)CCC1C(=O)c1ccccc1Cl. The zero-order valence-corrected chi connectivity index (χ0v) is 15.4. The molecule has 1 aromatic carbocycles. The van der Waals surface area contributed by atoms with Crippen molar-refractivity contribution < 1.29 is 19.1 Å². The van der Waals surface area contributed by atoms with Crippen LogP contribution in [-0.4, -0.2) is 47.4 Å². The van der Waals surface area contributed by atoms with Crippen molar-refractivity contribution in [3.63, 3.8) is 0 Å². The molecule has 1 aliphatic rings. The van der Waals surface area contributed by atoms with Crippen LogP contribution in [-0.2, 0) is 9.53 Å². The van der Waals surface area contributed by atoms with Gasteiger partial charge in [0.05, 0.1) is 11.1 Å². The molecule has 0 aliphatic carbocycles. The number of hydrogen-bond acceptors (Lipinski definition) is 4. The molecule has 25 heavy (non-hydrogen) atoms. The number of nitrogens with one attached hydrogen (secondary N) is 1. The van der Waals surface area contributed by atoms with Gasteiger partial charge in [-0.15, -0.1) is 0 Å². The van der Waals surface area contributed by atoms with E-state index in [4.69, 9.17) is 16.3 Å². The molecule has 1 N–H and O–H groups in total. The van der Waals surface area contributed by atoms with Crippen molar-refractivity contribution in [2.24, 2.45) is 0 Å². The highest BCUT2D eigenvalue weighted by atomic mass is 35.5. The first-order valence-corrected chi connectivity index (χ1v) is 8.62. The Labute approximate surface area is 152 Å². The number of halogens is 1. The average molecular weight is 367 g/mol. The van der Waals surface area contributed by atoms with Gasteiger partial charge in [-0.25, -0.2) is 4.79 Å². The number of nitrogens with zero attached hydrogens (tertiary/aromatic N) is 1. The molecule has 1 unspecified atom stereocenters. The number of alkyl carbamates (subject to hydrolysis) is 1. The fourth-order valence-electron chi connectivity index (χ4n) is 2.72. The Kier molecular flexibility index (Phi) is 6.06. The summed E-state index contributed by atoms with van der Waals surface area (Å²) < 4.78 is 5.15. The van der Waals surface area contributed by atoms with Gasteiger partial charge >= 0.3 is 6.09 Å². The fraction of sp³-hybridized carbons (Fsp3) is 0.500. The first-order valence-electron chi connectivity index (χ1n) is 8.24. The highest BCUT2D eigenvalue weighted by Gasteiger charge is 2.36. The van der Waals surface area contributed by atoms with Crippen molar-refractivity contribution in [3.8, 4) is 0 Å². The predicted molar refractivity (Wildman–Crippen MR) is 94.8 cm³/mol. The number of hydrogen-bond donors (Lipinski definition) is 1. The topological polar surface area (TPSA) is 75.7 Å². The van der Waals surface area contributed by atoms with Crippen LogP contribution in [0.2, 0.25) is 5.02 Å². The number of carbonyl (C=O) groups is 3. The number of ether oxygens (including phenoxy) is 1. The molecule has 2 rings (SSSR count). The summed E-state index contributed by atoms with van der Waals surface area (Å²) in [7, 11) is 0. The minimum atomic E-state index is -0.587. The minimum Gasteiger partial charge on any atom is -0.444 e. The van der Waals surface area contributed by atoms with Crippen LogP contribution in [0.25, 0.3) is 0 Å². The van der Waals surface area contributed by atoms with E-state index >= 15 is 0 Å². The smallest absolute Gasteiger partial charge is 0.407 e. The molecule has 1 fully saturated rings. The Hall–Kier alpha value is -2.08. The van der Waals surface area contributed by atoms with Crippen molar-refractivity contribution in [1.29, 1.82) is 0 Å². The molecule has 1 heterocycles. The maximum Gasteiger partial charge on any atom is 0.407 e. The van der Waals surface area contributed by atoms with Gasteiger partial charge < -0.3 is 15.0 Å². The van der Waals surface area contributed by atoms with Crippen molar-refractivity contribution in [1.82, 2.24) is 10.2 Å². The molecular weight excluding hydrogens is 344 g/mol. The van der Waals surface area contributed by atoms with Crippen LogP contribution < -0.4 is 5.32 Å². The molecule has 1 aliphatic heterocycles. The number of benzene rings is 1. The Balaban J connectivity index is 1.97. The Bertz CT molecular complexity index is 669. The second-order valence-corrected chi connectivity index (χ2v) is 7.32. The maximum atomic E-state index is 12.7. The predicted octanol–water partition coefficient (Wildman–Crippen LogP) is 3.04. The normalized spacial score (nSPS) is 17.5. The zero-order valence-electron chi connectivity index (χ0n) is 14.7. The van der Waals surface area contributed by atoms with E-state index in [0.717, 1.165) is 0 Å². The van der Waals surface area contributed by atoms with Gasteiger partial charge in [0.15, 0.2) is 5.78 Å². The van der Waals surface area contributed by atoms with Crippen molar-refractivity contribution in [2.45, 2.75) is 45.3 Å².